The van der Waals surface area contributed by atoms with Gasteiger partial charge in [-0.1, -0.05) is 0 Å². The van der Waals surface area contributed by atoms with Crippen molar-refractivity contribution in [2.45, 2.75) is 39.2 Å². The van der Waals surface area contributed by atoms with Gasteiger partial charge in [0.15, 0.2) is 0 Å². The van der Waals surface area contributed by atoms with Crippen molar-refractivity contribution < 1.29 is 4.92 Å². The van der Waals surface area contributed by atoms with Crippen LogP contribution in [0.15, 0.2) is 18.2 Å². The van der Waals surface area contributed by atoms with E-state index in [1.54, 1.807) is 12.1 Å². The smallest absolute Gasteiger partial charge is 0.269 e. The molecular formula is C15H18N4O2. The standard InChI is InChI=1S/C15H18N4O2/c1-10-17-14-4-2-3-5-15(14)18(10)9-11-8-12(19(20)21)6-7-13(11)16/h6-8H,2-5,9,16H2,1H3. The van der Waals surface area contributed by atoms with Crippen molar-refractivity contribution in [3.63, 3.8) is 0 Å². The van der Waals surface area contributed by atoms with Gasteiger partial charge in [-0.2, -0.15) is 0 Å². The van der Waals surface area contributed by atoms with Crippen LogP contribution in [0.1, 0.15) is 35.6 Å². The second kappa shape index (κ2) is 5.20. The number of aryl methyl sites for hydroxylation is 2. The lowest BCUT2D eigenvalue weighted by Crippen LogP contribution is -2.11. The third kappa shape index (κ3) is 2.49. The monoisotopic (exact) mass is 286 g/mol. The van der Waals surface area contributed by atoms with Crippen molar-refractivity contribution in [1.29, 1.82) is 0 Å². The normalized spacial score (nSPS) is 14.0. The first-order valence-electron chi connectivity index (χ1n) is 7.14. The second-order valence-electron chi connectivity index (χ2n) is 5.49. The molecule has 0 spiro atoms. The highest BCUT2D eigenvalue weighted by molar-refractivity contribution is 5.53. The van der Waals surface area contributed by atoms with Crippen LogP contribution in [-0.2, 0) is 19.4 Å². The van der Waals surface area contributed by atoms with Gasteiger partial charge >= 0.3 is 0 Å². The van der Waals surface area contributed by atoms with Crippen LogP contribution in [0.4, 0.5) is 11.4 Å². The average Bonchev–Trinajstić information content (AvgIpc) is 2.77. The van der Waals surface area contributed by atoms with E-state index in [1.807, 2.05) is 6.92 Å². The highest BCUT2D eigenvalue weighted by atomic mass is 16.6. The van der Waals surface area contributed by atoms with Gasteiger partial charge in [-0.3, -0.25) is 10.1 Å². The van der Waals surface area contributed by atoms with Gasteiger partial charge in [0, 0.05) is 29.1 Å². The lowest BCUT2D eigenvalue weighted by molar-refractivity contribution is -0.384. The molecular weight excluding hydrogens is 268 g/mol. The van der Waals surface area contributed by atoms with E-state index in [1.165, 1.54) is 30.3 Å². The number of benzene rings is 1. The molecule has 1 aromatic carbocycles. The molecule has 21 heavy (non-hydrogen) atoms. The van der Waals surface area contributed by atoms with Crippen LogP contribution in [0.3, 0.4) is 0 Å². The SMILES string of the molecule is Cc1nc2c(n1Cc1cc([N+](=O)[O-])ccc1N)CCCC2. The van der Waals surface area contributed by atoms with E-state index >= 15 is 0 Å². The number of nitrogen functional groups attached to an aromatic ring is 1. The Labute approximate surface area is 122 Å². The molecule has 6 heteroatoms. The number of imidazole rings is 1. The molecule has 0 amide bonds. The number of anilines is 1. The number of hydrogen-bond donors (Lipinski definition) is 1. The highest BCUT2D eigenvalue weighted by Crippen LogP contribution is 2.26. The molecule has 1 aromatic heterocycles. The summed E-state index contributed by atoms with van der Waals surface area (Å²) in [5.74, 6) is 0.952. The number of nitrogens with two attached hydrogens (primary N) is 1. The highest BCUT2D eigenvalue weighted by Gasteiger charge is 2.19. The Hall–Kier alpha value is -2.37. The number of rotatable bonds is 3. The first-order valence-corrected chi connectivity index (χ1v) is 7.14. The van der Waals surface area contributed by atoms with Gasteiger partial charge < -0.3 is 10.3 Å². The zero-order valence-electron chi connectivity index (χ0n) is 12.0. The van der Waals surface area contributed by atoms with Gasteiger partial charge in [0.25, 0.3) is 5.69 Å². The molecule has 2 aromatic rings. The summed E-state index contributed by atoms with van der Waals surface area (Å²) in [6.07, 6.45) is 4.39. The molecule has 0 fully saturated rings. The number of nitro groups is 1. The van der Waals surface area contributed by atoms with Crippen LogP contribution in [0.5, 0.6) is 0 Å². The Morgan fingerprint density at radius 1 is 1.38 bits per heavy atom. The number of non-ortho nitro benzene ring substituents is 1. The van der Waals surface area contributed by atoms with Crippen molar-refractivity contribution in [2.24, 2.45) is 0 Å². The van der Waals surface area contributed by atoms with Gasteiger partial charge in [0.2, 0.25) is 0 Å². The molecule has 1 aliphatic carbocycles. The Kier molecular flexibility index (Phi) is 3.37. The van der Waals surface area contributed by atoms with Crippen LogP contribution in [0.2, 0.25) is 0 Å². The summed E-state index contributed by atoms with van der Waals surface area (Å²) in [5, 5.41) is 10.9. The van der Waals surface area contributed by atoms with E-state index < -0.39 is 0 Å². The molecule has 0 aliphatic heterocycles. The summed E-state index contributed by atoms with van der Waals surface area (Å²) < 4.78 is 2.14. The molecule has 0 atom stereocenters. The minimum absolute atomic E-state index is 0.0748. The number of aromatic nitrogens is 2. The van der Waals surface area contributed by atoms with Crippen LogP contribution in [0.25, 0.3) is 0 Å². The summed E-state index contributed by atoms with van der Waals surface area (Å²) in [7, 11) is 0. The summed E-state index contributed by atoms with van der Waals surface area (Å²) >= 11 is 0. The fourth-order valence-corrected chi connectivity index (χ4v) is 2.96. The lowest BCUT2D eigenvalue weighted by atomic mass is 10.0. The molecule has 1 heterocycles. The van der Waals surface area contributed by atoms with E-state index in [0.29, 0.717) is 12.2 Å². The summed E-state index contributed by atoms with van der Waals surface area (Å²) in [5.41, 5.74) is 9.83. The van der Waals surface area contributed by atoms with Crippen molar-refractivity contribution in [1.82, 2.24) is 9.55 Å². The molecule has 1 aliphatic rings. The summed E-state index contributed by atoms with van der Waals surface area (Å²) in [6.45, 7) is 2.52. The third-order valence-electron chi connectivity index (χ3n) is 4.09. The number of hydrogen-bond acceptors (Lipinski definition) is 4. The predicted octanol–water partition coefficient (Wildman–Crippen LogP) is 2.61. The van der Waals surface area contributed by atoms with E-state index in [9.17, 15) is 10.1 Å². The van der Waals surface area contributed by atoms with E-state index in [2.05, 4.69) is 9.55 Å². The van der Waals surface area contributed by atoms with E-state index in [0.717, 1.165) is 24.2 Å². The first-order chi connectivity index (χ1) is 10.1. The van der Waals surface area contributed by atoms with Crippen molar-refractivity contribution >= 4 is 11.4 Å². The van der Waals surface area contributed by atoms with Crippen molar-refractivity contribution in [2.75, 3.05) is 5.73 Å². The van der Waals surface area contributed by atoms with E-state index in [4.69, 9.17) is 5.73 Å². The molecule has 0 saturated carbocycles. The molecule has 0 unspecified atom stereocenters. The maximum absolute atomic E-state index is 10.9. The second-order valence-corrected chi connectivity index (χ2v) is 5.49. The number of nitro benzene ring substituents is 1. The Bertz CT molecular complexity index is 706. The van der Waals surface area contributed by atoms with E-state index in [-0.39, 0.29) is 10.6 Å². The molecule has 6 nitrogen and oxygen atoms in total. The summed E-state index contributed by atoms with van der Waals surface area (Å²) in [6, 6.07) is 4.60. The Balaban J connectivity index is 1.99. The predicted molar refractivity (Wildman–Crippen MR) is 80.2 cm³/mol. The minimum Gasteiger partial charge on any atom is -0.398 e. The fraction of sp³-hybridized carbons (Fsp3) is 0.400. The van der Waals surface area contributed by atoms with Gasteiger partial charge in [-0.25, -0.2) is 4.98 Å². The zero-order valence-corrected chi connectivity index (χ0v) is 12.0. The minimum atomic E-state index is -0.390. The maximum atomic E-state index is 10.9. The average molecular weight is 286 g/mol. The fourth-order valence-electron chi connectivity index (χ4n) is 2.96. The maximum Gasteiger partial charge on any atom is 0.269 e. The number of nitrogens with zero attached hydrogens (tertiary/aromatic N) is 3. The van der Waals surface area contributed by atoms with Gasteiger partial charge in [0.1, 0.15) is 5.82 Å². The molecule has 2 N–H and O–H groups in total. The first kappa shape index (κ1) is 13.6. The summed E-state index contributed by atoms with van der Waals surface area (Å²) in [4.78, 5) is 15.1. The quantitative estimate of drug-likeness (QED) is 0.533. The Morgan fingerprint density at radius 3 is 2.90 bits per heavy atom. The lowest BCUT2D eigenvalue weighted by Gasteiger charge is -2.15. The molecule has 0 radical (unpaired) electrons. The van der Waals surface area contributed by atoms with Crippen LogP contribution >= 0.6 is 0 Å². The van der Waals surface area contributed by atoms with Gasteiger partial charge in [0.05, 0.1) is 17.2 Å². The molecule has 110 valence electrons. The van der Waals surface area contributed by atoms with Crippen LogP contribution < -0.4 is 5.73 Å². The van der Waals surface area contributed by atoms with Crippen molar-refractivity contribution in [3.05, 3.63) is 51.1 Å². The molecule has 3 rings (SSSR count). The molecule has 0 bridgehead atoms. The topological polar surface area (TPSA) is 87.0 Å². The number of fused-ring (bicyclic) bond motifs is 1. The zero-order chi connectivity index (χ0) is 15.0. The Morgan fingerprint density at radius 2 is 2.14 bits per heavy atom. The largest absolute Gasteiger partial charge is 0.398 e. The van der Waals surface area contributed by atoms with Crippen LogP contribution in [0, 0.1) is 17.0 Å². The van der Waals surface area contributed by atoms with Crippen molar-refractivity contribution in [3.8, 4) is 0 Å². The van der Waals surface area contributed by atoms with Crippen LogP contribution in [-0.4, -0.2) is 14.5 Å². The van der Waals surface area contributed by atoms with Gasteiger partial charge in [-0.05, 0) is 38.7 Å². The third-order valence-corrected chi connectivity index (χ3v) is 4.09. The molecule has 0 saturated heterocycles. The van der Waals surface area contributed by atoms with Gasteiger partial charge in [-0.15, -0.1) is 0 Å².